The molecule has 0 aliphatic rings. The van der Waals surface area contributed by atoms with Gasteiger partial charge in [-0.25, -0.2) is 8.42 Å². The number of benzene rings is 1. The molecule has 0 bridgehead atoms. The van der Waals surface area contributed by atoms with E-state index in [1.54, 1.807) is 18.2 Å². The molecule has 1 aromatic carbocycles. The third-order valence-electron chi connectivity index (χ3n) is 3.14. The van der Waals surface area contributed by atoms with Gasteiger partial charge < -0.3 is 5.32 Å². The van der Waals surface area contributed by atoms with Gasteiger partial charge in [0.15, 0.2) is 0 Å². The smallest absolute Gasteiger partial charge is 0.229 e. The number of carbonyl (C=O) groups excluding carboxylic acids is 1. The molecule has 0 aliphatic heterocycles. The molecule has 6 heteroatoms. The zero-order valence-electron chi connectivity index (χ0n) is 12.3. The number of carbonyl (C=O) groups is 1. The second kappa shape index (κ2) is 6.74. The standard InChI is InChI=1S/C14H22N2O3S/c1-5-10(2)14(17)15-11(3)12-8-6-7-9-13(12)16-20(4,18)19/h6-11,16H,5H2,1-4H3,(H,15,17). The summed E-state index contributed by atoms with van der Waals surface area (Å²) < 4.78 is 25.2. The lowest BCUT2D eigenvalue weighted by Gasteiger charge is -2.20. The summed E-state index contributed by atoms with van der Waals surface area (Å²) in [7, 11) is -3.35. The molecule has 0 saturated heterocycles. The maximum absolute atomic E-state index is 11.9. The lowest BCUT2D eigenvalue weighted by molar-refractivity contribution is -0.125. The van der Waals surface area contributed by atoms with Crippen molar-refractivity contribution in [2.24, 2.45) is 5.92 Å². The lowest BCUT2D eigenvalue weighted by Crippen LogP contribution is -2.31. The van der Waals surface area contributed by atoms with Crippen molar-refractivity contribution in [3.63, 3.8) is 0 Å². The number of amides is 1. The molecule has 0 aromatic heterocycles. The predicted molar refractivity (Wildman–Crippen MR) is 80.9 cm³/mol. The van der Waals surface area contributed by atoms with Crippen LogP contribution in [0.4, 0.5) is 5.69 Å². The Kier molecular flexibility index (Phi) is 5.56. The molecule has 2 unspecified atom stereocenters. The van der Waals surface area contributed by atoms with Crippen molar-refractivity contribution >= 4 is 21.6 Å². The van der Waals surface area contributed by atoms with E-state index in [0.29, 0.717) is 5.69 Å². The summed E-state index contributed by atoms with van der Waals surface area (Å²) in [5, 5.41) is 2.90. The van der Waals surface area contributed by atoms with E-state index in [9.17, 15) is 13.2 Å². The van der Waals surface area contributed by atoms with Crippen LogP contribution in [0.3, 0.4) is 0 Å². The molecule has 0 heterocycles. The van der Waals surface area contributed by atoms with Crippen LogP contribution >= 0.6 is 0 Å². The first-order valence-electron chi connectivity index (χ1n) is 6.61. The molecule has 5 nitrogen and oxygen atoms in total. The predicted octanol–water partition coefficient (Wildman–Crippen LogP) is 2.28. The zero-order chi connectivity index (χ0) is 15.3. The fourth-order valence-corrected chi connectivity index (χ4v) is 2.37. The van der Waals surface area contributed by atoms with Gasteiger partial charge in [0.05, 0.1) is 18.0 Å². The first-order chi connectivity index (χ1) is 9.24. The Morgan fingerprint density at radius 1 is 1.25 bits per heavy atom. The fraction of sp³-hybridized carbons (Fsp3) is 0.500. The summed E-state index contributed by atoms with van der Waals surface area (Å²) >= 11 is 0. The van der Waals surface area contributed by atoms with Crippen molar-refractivity contribution in [3.8, 4) is 0 Å². The Balaban J connectivity index is 2.93. The SMILES string of the molecule is CCC(C)C(=O)NC(C)c1ccccc1NS(C)(=O)=O. The number of anilines is 1. The molecule has 2 N–H and O–H groups in total. The van der Waals surface area contributed by atoms with Crippen LogP contribution in [0.1, 0.15) is 38.8 Å². The molecule has 112 valence electrons. The molecule has 0 radical (unpaired) electrons. The normalized spacial score (nSPS) is 14.4. The Hall–Kier alpha value is -1.56. The first kappa shape index (κ1) is 16.5. The number of hydrogen-bond donors (Lipinski definition) is 2. The monoisotopic (exact) mass is 298 g/mol. The van der Waals surface area contributed by atoms with Crippen molar-refractivity contribution in [1.82, 2.24) is 5.32 Å². The van der Waals surface area contributed by atoms with Crippen LogP contribution in [-0.4, -0.2) is 20.6 Å². The topological polar surface area (TPSA) is 75.3 Å². The van der Waals surface area contributed by atoms with Crippen LogP contribution in [0.2, 0.25) is 0 Å². The third kappa shape index (κ3) is 4.85. The summed E-state index contributed by atoms with van der Waals surface area (Å²) in [4.78, 5) is 11.9. The van der Waals surface area contributed by atoms with Crippen LogP contribution in [0.5, 0.6) is 0 Å². The minimum absolute atomic E-state index is 0.0332. The maximum Gasteiger partial charge on any atom is 0.229 e. The van der Waals surface area contributed by atoms with Crippen LogP contribution in [0.15, 0.2) is 24.3 Å². The minimum atomic E-state index is -3.35. The molecule has 1 rings (SSSR count). The van der Waals surface area contributed by atoms with Gasteiger partial charge in [0.1, 0.15) is 0 Å². The van der Waals surface area contributed by atoms with Crippen LogP contribution in [-0.2, 0) is 14.8 Å². The van der Waals surface area contributed by atoms with Crippen LogP contribution < -0.4 is 10.0 Å². The quantitative estimate of drug-likeness (QED) is 0.846. The van der Waals surface area contributed by atoms with Crippen LogP contribution in [0.25, 0.3) is 0 Å². The van der Waals surface area contributed by atoms with E-state index in [2.05, 4.69) is 10.0 Å². The van der Waals surface area contributed by atoms with Gasteiger partial charge in [-0.05, 0) is 25.0 Å². The first-order valence-corrected chi connectivity index (χ1v) is 8.50. The number of rotatable bonds is 6. The van der Waals surface area contributed by atoms with Gasteiger partial charge in [0.25, 0.3) is 0 Å². The van der Waals surface area contributed by atoms with Gasteiger partial charge >= 0.3 is 0 Å². The molecular formula is C14H22N2O3S. The molecule has 1 amide bonds. The van der Waals surface area contributed by atoms with E-state index in [4.69, 9.17) is 0 Å². The van der Waals surface area contributed by atoms with Gasteiger partial charge in [-0.2, -0.15) is 0 Å². The second-order valence-corrected chi connectivity index (χ2v) is 6.75. The summed E-state index contributed by atoms with van der Waals surface area (Å²) in [5.41, 5.74) is 1.24. The van der Waals surface area contributed by atoms with Gasteiger partial charge in [-0.15, -0.1) is 0 Å². The summed E-state index contributed by atoms with van der Waals surface area (Å²) in [5.74, 6) is -0.0957. The molecule has 20 heavy (non-hydrogen) atoms. The largest absolute Gasteiger partial charge is 0.349 e. The number of nitrogens with one attached hydrogen (secondary N) is 2. The van der Waals surface area contributed by atoms with Crippen molar-refractivity contribution < 1.29 is 13.2 Å². The fourth-order valence-electron chi connectivity index (χ4n) is 1.79. The molecule has 0 aliphatic carbocycles. The van der Waals surface area contributed by atoms with Gasteiger partial charge in [0, 0.05) is 5.92 Å². The highest BCUT2D eigenvalue weighted by molar-refractivity contribution is 7.92. The van der Waals surface area contributed by atoms with Gasteiger partial charge in [-0.3, -0.25) is 9.52 Å². The van der Waals surface area contributed by atoms with Gasteiger partial charge in [0.2, 0.25) is 15.9 Å². The zero-order valence-corrected chi connectivity index (χ0v) is 13.1. The van der Waals surface area contributed by atoms with E-state index in [1.165, 1.54) is 0 Å². The average Bonchev–Trinajstić information content (AvgIpc) is 2.36. The Morgan fingerprint density at radius 3 is 2.40 bits per heavy atom. The molecule has 2 atom stereocenters. The van der Waals surface area contributed by atoms with E-state index in [1.807, 2.05) is 26.8 Å². The van der Waals surface area contributed by atoms with Crippen molar-refractivity contribution in [1.29, 1.82) is 0 Å². The third-order valence-corrected chi connectivity index (χ3v) is 3.73. The highest BCUT2D eigenvalue weighted by Crippen LogP contribution is 2.23. The maximum atomic E-state index is 11.9. The molecule has 1 aromatic rings. The Labute approximate surface area is 120 Å². The summed E-state index contributed by atoms with van der Waals surface area (Å²) in [6, 6.07) is 6.79. The van der Waals surface area contributed by atoms with E-state index < -0.39 is 10.0 Å². The minimum Gasteiger partial charge on any atom is -0.349 e. The van der Waals surface area contributed by atoms with Crippen molar-refractivity contribution in [3.05, 3.63) is 29.8 Å². The highest BCUT2D eigenvalue weighted by atomic mass is 32.2. The average molecular weight is 298 g/mol. The van der Waals surface area contributed by atoms with E-state index in [-0.39, 0.29) is 17.9 Å². The molecule has 0 fully saturated rings. The molecule has 0 spiro atoms. The van der Waals surface area contributed by atoms with Crippen LogP contribution in [0, 0.1) is 5.92 Å². The van der Waals surface area contributed by atoms with E-state index in [0.717, 1.165) is 18.2 Å². The number of para-hydroxylation sites is 1. The molecule has 0 saturated carbocycles. The van der Waals surface area contributed by atoms with Crippen molar-refractivity contribution in [2.45, 2.75) is 33.2 Å². The second-order valence-electron chi connectivity index (χ2n) is 5.00. The Morgan fingerprint density at radius 2 is 1.85 bits per heavy atom. The lowest BCUT2D eigenvalue weighted by atomic mass is 10.0. The number of sulfonamides is 1. The van der Waals surface area contributed by atoms with Gasteiger partial charge in [-0.1, -0.05) is 32.0 Å². The van der Waals surface area contributed by atoms with Crippen molar-refractivity contribution in [2.75, 3.05) is 11.0 Å². The van der Waals surface area contributed by atoms with E-state index >= 15 is 0 Å². The summed E-state index contributed by atoms with van der Waals surface area (Å²) in [6.45, 7) is 5.65. The number of hydrogen-bond acceptors (Lipinski definition) is 3. The molecular weight excluding hydrogens is 276 g/mol. The highest BCUT2D eigenvalue weighted by Gasteiger charge is 2.17. The summed E-state index contributed by atoms with van der Waals surface area (Å²) in [6.07, 6.45) is 1.87. The Bertz CT molecular complexity index is 570.